The number of methoxy groups -OCH3 is 1. The van der Waals surface area contributed by atoms with E-state index in [1.54, 1.807) is 38.1 Å². The Morgan fingerprint density at radius 2 is 1.88 bits per heavy atom. The van der Waals surface area contributed by atoms with Gasteiger partial charge in [-0.3, -0.25) is 4.72 Å². The molecule has 0 heterocycles. The first-order chi connectivity index (χ1) is 11.4. The highest BCUT2D eigenvalue weighted by Gasteiger charge is 2.21. The maximum atomic E-state index is 12.7. The zero-order valence-corrected chi connectivity index (χ0v) is 14.5. The minimum Gasteiger partial charge on any atom is -0.497 e. The van der Waals surface area contributed by atoms with Crippen LogP contribution >= 0.6 is 0 Å². The van der Waals surface area contributed by atoms with Gasteiger partial charge in [-0.15, -0.1) is 0 Å². The van der Waals surface area contributed by atoms with Crippen molar-refractivity contribution < 1.29 is 22.7 Å². The molecule has 0 aliphatic carbocycles. The molecule has 1 N–H and O–H groups in total. The van der Waals surface area contributed by atoms with Crippen LogP contribution in [-0.4, -0.2) is 28.1 Å². The fourth-order valence-electron chi connectivity index (χ4n) is 2.21. The lowest BCUT2D eigenvalue weighted by Gasteiger charge is -2.14. The second-order valence-electron chi connectivity index (χ2n) is 5.00. The maximum absolute atomic E-state index is 12.7. The van der Waals surface area contributed by atoms with Crippen molar-refractivity contribution in [2.75, 3.05) is 18.4 Å². The van der Waals surface area contributed by atoms with Gasteiger partial charge < -0.3 is 9.47 Å². The highest BCUT2D eigenvalue weighted by atomic mass is 32.2. The van der Waals surface area contributed by atoms with Crippen molar-refractivity contribution in [1.82, 2.24) is 0 Å². The predicted octanol–water partition coefficient (Wildman–Crippen LogP) is 2.98. The Bertz CT molecular complexity index is 846. The van der Waals surface area contributed by atoms with Crippen LogP contribution in [0.15, 0.2) is 47.4 Å². The van der Waals surface area contributed by atoms with Crippen LogP contribution in [-0.2, 0) is 14.8 Å². The van der Waals surface area contributed by atoms with Crippen LogP contribution in [0.2, 0.25) is 0 Å². The third-order valence-electron chi connectivity index (χ3n) is 3.34. The highest BCUT2D eigenvalue weighted by molar-refractivity contribution is 7.92. The molecule has 128 valence electrons. The average molecular weight is 349 g/mol. The minimum atomic E-state index is -3.85. The Kier molecular flexibility index (Phi) is 5.46. The van der Waals surface area contributed by atoms with Gasteiger partial charge in [0.25, 0.3) is 10.0 Å². The maximum Gasteiger partial charge on any atom is 0.340 e. The van der Waals surface area contributed by atoms with E-state index in [1.165, 1.54) is 25.3 Å². The van der Waals surface area contributed by atoms with Crippen LogP contribution in [0.5, 0.6) is 5.75 Å². The van der Waals surface area contributed by atoms with Crippen molar-refractivity contribution in [3.8, 4) is 5.75 Å². The standard InChI is InChI=1S/C17H19NO5S/c1-4-23-17(19)14-7-5-6-8-15(14)18-24(20,21)16-10-9-13(22-3)11-12(16)2/h5-11,18H,4H2,1-3H3. The number of nitrogens with one attached hydrogen (secondary N) is 1. The highest BCUT2D eigenvalue weighted by Crippen LogP contribution is 2.25. The van der Waals surface area contributed by atoms with E-state index in [1.807, 2.05) is 0 Å². The van der Waals surface area contributed by atoms with Gasteiger partial charge in [0, 0.05) is 0 Å². The zero-order valence-electron chi connectivity index (χ0n) is 13.7. The molecule has 0 aliphatic rings. The molecule has 7 heteroatoms. The lowest BCUT2D eigenvalue weighted by molar-refractivity contribution is 0.0527. The van der Waals surface area contributed by atoms with Crippen molar-refractivity contribution in [2.45, 2.75) is 18.7 Å². The molecule has 2 aromatic carbocycles. The van der Waals surface area contributed by atoms with Crippen molar-refractivity contribution in [3.63, 3.8) is 0 Å². The number of anilines is 1. The predicted molar refractivity (Wildman–Crippen MR) is 90.9 cm³/mol. The molecule has 0 saturated heterocycles. The first kappa shape index (κ1) is 17.8. The Hall–Kier alpha value is -2.54. The number of aryl methyl sites for hydroxylation is 1. The number of benzene rings is 2. The normalized spacial score (nSPS) is 11.0. The zero-order chi connectivity index (χ0) is 17.7. The summed E-state index contributed by atoms with van der Waals surface area (Å²) in [5.41, 5.74) is 0.871. The van der Waals surface area contributed by atoms with Gasteiger partial charge in [-0.2, -0.15) is 0 Å². The van der Waals surface area contributed by atoms with Gasteiger partial charge in [0.2, 0.25) is 0 Å². The van der Waals surface area contributed by atoms with Crippen molar-refractivity contribution >= 4 is 21.7 Å². The lowest BCUT2D eigenvalue weighted by Crippen LogP contribution is -2.17. The number of esters is 1. The van der Waals surface area contributed by atoms with Gasteiger partial charge in [0.15, 0.2) is 0 Å². The fourth-order valence-corrected chi connectivity index (χ4v) is 3.52. The number of rotatable bonds is 6. The van der Waals surface area contributed by atoms with E-state index in [0.717, 1.165) is 0 Å². The molecule has 0 atom stereocenters. The molecule has 0 radical (unpaired) electrons. The van der Waals surface area contributed by atoms with Gasteiger partial charge in [0.05, 0.1) is 29.9 Å². The van der Waals surface area contributed by atoms with Gasteiger partial charge in [-0.25, -0.2) is 13.2 Å². The van der Waals surface area contributed by atoms with E-state index in [-0.39, 0.29) is 22.8 Å². The summed E-state index contributed by atoms with van der Waals surface area (Å²) in [4.78, 5) is 12.1. The summed E-state index contributed by atoms with van der Waals surface area (Å²) in [6, 6.07) is 11.0. The molecular formula is C17H19NO5S. The van der Waals surface area contributed by atoms with E-state index in [0.29, 0.717) is 11.3 Å². The largest absolute Gasteiger partial charge is 0.497 e. The smallest absolute Gasteiger partial charge is 0.340 e. The molecule has 0 saturated carbocycles. The van der Waals surface area contributed by atoms with Crippen molar-refractivity contribution in [3.05, 3.63) is 53.6 Å². The second kappa shape index (κ2) is 7.35. The Labute approximate surface area is 141 Å². The summed E-state index contributed by atoms with van der Waals surface area (Å²) in [5.74, 6) is -0.0133. The fraction of sp³-hybridized carbons (Fsp3) is 0.235. The molecule has 0 aliphatic heterocycles. The summed E-state index contributed by atoms with van der Waals surface area (Å²) in [5, 5.41) is 0. The monoisotopic (exact) mass is 349 g/mol. The van der Waals surface area contributed by atoms with Gasteiger partial charge in [-0.1, -0.05) is 12.1 Å². The summed E-state index contributed by atoms with van der Waals surface area (Å²) >= 11 is 0. The molecule has 0 aromatic heterocycles. The molecular weight excluding hydrogens is 330 g/mol. The van der Waals surface area contributed by atoms with E-state index in [4.69, 9.17) is 9.47 Å². The second-order valence-corrected chi connectivity index (χ2v) is 6.65. The number of sulfonamides is 1. The summed E-state index contributed by atoms with van der Waals surface area (Å²) in [6.07, 6.45) is 0. The SMILES string of the molecule is CCOC(=O)c1ccccc1NS(=O)(=O)c1ccc(OC)cc1C. The van der Waals surface area contributed by atoms with E-state index in [2.05, 4.69) is 4.72 Å². The average Bonchev–Trinajstić information content (AvgIpc) is 2.54. The number of para-hydroxylation sites is 1. The lowest BCUT2D eigenvalue weighted by atomic mass is 10.2. The summed E-state index contributed by atoms with van der Waals surface area (Å²) in [6.45, 7) is 3.57. The number of carbonyl (C=O) groups excluding carboxylic acids is 1. The number of hydrogen-bond donors (Lipinski definition) is 1. The van der Waals surface area contributed by atoms with E-state index < -0.39 is 16.0 Å². The molecule has 0 unspecified atom stereocenters. The molecule has 24 heavy (non-hydrogen) atoms. The van der Waals surface area contributed by atoms with Gasteiger partial charge in [-0.05, 0) is 49.7 Å². The topological polar surface area (TPSA) is 81.7 Å². The molecule has 0 amide bonds. The molecule has 0 bridgehead atoms. The molecule has 2 rings (SSSR count). The Morgan fingerprint density at radius 1 is 1.17 bits per heavy atom. The third-order valence-corrected chi connectivity index (χ3v) is 4.86. The van der Waals surface area contributed by atoms with Crippen molar-refractivity contribution in [1.29, 1.82) is 0 Å². The molecule has 6 nitrogen and oxygen atoms in total. The van der Waals surface area contributed by atoms with Crippen LogP contribution in [0, 0.1) is 6.92 Å². The quantitative estimate of drug-likeness (QED) is 0.811. The minimum absolute atomic E-state index is 0.113. The third kappa shape index (κ3) is 3.86. The first-order valence-corrected chi connectivity index (χ1v) is 8.81. The molecule has 2 aromatic rings. The van der Waals surface area contributed by atoms with E-state index >= 15 is 0 Å². The van der Waals surface area contributed by atoms with Crippen LogP contribution < -0.4 is 9.46 Å². The first-order valence-electron chi connectivity index (χ1n) is 7.32. The Morgan fingerprint density at radius 3 is 2.50 bits per heavy atom. The summed E-state index contributed by atoms with van der Waals surface area (Å²) in [7, 11) is -2.34. The molecule has 0 fully saturated rings. The van der Waals surface area contributed by atoms with Crippen LogP contribution in [0.25, 0.3) is 0 Å². The Balaban J connectivity index is 2.39. The molecule has 0 spiro atoms. The number of carbonyl (C=O) groups is 1. The van der Waals surface area contributed by atoms with Crippen molar-refractivity contribution in [2.24, 2.45) is 0 Å². The van der Waals surface area contributed by atoms with Crippen LogP contribution in [0.1, 0.15) is 22.8 Å². The van der Waals surface area contributed by atoms with Gasteiger partial charge >= 0.3 is 5.97 Å². The number of ether oxygens (including phenoxy) is 2. The van der Waals surface area contributed by atoms with E-state index in [9.17, 15) is 13.2 Å². The van der Waals surface area contributed by atoms with Crippen LogP contribution in [0.4, 0.5) is 5.69 Å². The summed E-state index contributed by atoms with van der Waals surface area (Å²) < 4.78 is 37.8. The number of hydrogen-bond acceptors (Lipinski definition) is 5. The van der Waals surface area contributed by atoms with Gasteiger partial charge in [0.1, 0.15) is 5.75 Å². The van der Waals surface area contributed by atoms with Crippen LogP contribution in [0.3, 0.4) is 0 Å².